The summed E-state index contributed by atoms with van der Waals surface area (Å²) in [6.07, 6.45) is 2.22. The summed E-state index contributed by atoms with van der Waals surface area (Å²) in [6.45, 7) is 10.4. The number of rotatable bonds is 2. The van der Waals surface area contributed by atoms with Crippen molar-refractivity contribution >= 4 is 22.3 Å². The lowest BCUT2D eigenvalue weighted by Gasteiger charge is -2.28. The zero-order valence-electron chi connectivity index (χ0n) is 10.8. The van der Waals surface area contributed by atoms with Gasteiger partial charge in [-0.3, -0.25) is 0 Å². The monoisotopic (exact) mass is 241 g/mol. The van der Waals surface area contributed by atoms with Crippen LogP contribution in [0.3, 0.4) is 0 Å². The summed E-state index contributed by atoms with van der Waals surface area (Å²) >= 11 is 0. The van der Waals surface area contributed by atoms with E-state index in [0.717, 1.165) is 31.9 Å². The first-order valence-corrected chi connectivity index (χ1v) is 6.49. The number of hydrogen-bond acceptors (Lipinski definition) is 2. The van der Waals surface area contributed by atoms with Gasteiger partial charge in [-0.05, 0) is 13.0 Å². The Hall–Kier alpha value is -1.74. The van der Waals surface area contributed by atoms with E-state index in [1.54, 1.807) is 0 Å². The van der Waals surface area contributed by atoms with Crippen LogP contribution in [-0.2, 0) is 0 Å². The molecule has 0 radical (unpaired) electrons. The molecule has 1 fully saturated rings. The number of nitrogens with zero attached hydrogens (tertiary/aromatic N) is 2. The van der Waals surface area contributed by atoms with Gasteiger partial charge in [-0.25, -0.2) is 0 Å². The van der Waals surface area contributed by atoms with Gasteiger partial charge in [0.25, 0.3) is 0 Å². The van der Waals surface area contributed by atoms with Crippen molar-refractivity contribution in [2.45, 2.75) is 6.92 Å². The molecule has 0 amide bonds. The van der Waals surface area contributed by atoms with Crippen LogP contribution in [0.2, 0.25) is 0 Å². The fourth-order valence-corrected chi connectivity index (χ4v) is 2.64. The average Bonchev–Trinajstić information content (AvgIpc) is 2.79. The van der Waals surface area contributed by atoms with Gasteiger partial charge in [-0.15, -0.1) is 0 Å². The lowest BCUT2D eigenvalue weighted by Crippen LogP contribution is -2.43. The number of hydrogen-bond donors (Lipinski definition) is 1. The molecule has 94 valence electrons. The highest BCUT2D eigenvalue weighted by Gasteiger charge is 2.16. The summed E-state index contributed by atoms with van der Waals surface area (Å²) in [4.78, 5) is 2.46. The first kappa shape index (κ1) is 11.4. The molecule has 0 aliphatic carbocycles. The van der Waals surface area contributed by atoms with Crippen molar-refractivity contribution in [3.63, 3.8) is 0 Å². The molecule has 0 bridgehead atoms. The summed E-state index contributed by atoms with van der Waals surface area (Å²) < 4.78 is 2.19. The maximum absolute atomic E-state index is 4.07. The van der Waals surface area contributed by atoms with Gasteiger partial charge in [-0.1, -0.05) is 24.8 Å². The number of allylic oxidation sites excluding steroid dienone is 1. The van der Waals surface area contributed by atoms with E-state index >= 15 is 0 Å². The number of aromatic nitrogens is 1. The highest BCUT2D eigenvalue weighted by molar-refractivity contribution is 5.95. The third-order valence-corrected chi connectivity index (χ3v) is 3.56. The molecule has 1 aromatic carbocycles. The van der Waals surface area contributed by atoms with Gasteiger partial charge in [-0.2, -0.15) is 0 Å². The van der Waals surface area contributed by atoms with Gasteiger partial charge in [0, 0.05) is 43.5 Å². The maximum atomic E-state index is 4.07. The van der Waals surface area contributed by atoms with Crippen molar-refractivity contribution in [3.8, 4) is 0 Å². The van der Waals surface area contributed by atoms with Crippen molar-refractivity contribution in [3.05, 3.63) is 37.0 Å². The maximum Gasteiger partial charge on any atom is 0.0631 e. The zero-order chi connectivity index (χ0) is 12.5. The van der Waals surface area contributed by atoms with Crippen molar-refractivity contribution in [1.29, 1.82) is 0 Å². The van der Waals surface area contributed by atoms with Crippen LogP contribution in [0.5, 0.6) is 0 Å². The van der Waals surface area contributed by atoms with Crippen LogP contribution >= 0.6 is 0 Å². The summed E-state index contributed by atoms with van der Waals surface area (Å²) in [7, 11) is 0. The van der Waals surface area contributed by atoms with Gasteiger partial charge in [0.1, 0.15) is 0 Å². The SMILES string of the molecule is C=C(C)n1cc(N2CCNCC2)c2ccccc21. The second-order valence-corrected chi connectivity index (χ2v) is 4.87. The van der Waals surface area contributed by atoms with Gasteiger partial charge < -0.3 is 14.8 Å². The van der Waals surface area contributed by atoms with Crippen molar-refractivity contribution in [1.82, 2.24) is 9.88 Å². The molecule has 0 unspecified atom stereocenters. The number of benzene rings is 1. The Bertz CT molecular complexity index is 576. The van der Waals surface area contributed by atoms with E-state index in [9.17, 15) is 0 Å². The third kappa shape index (κ3) is 1.81. The topological polar surface area (TPSA) is 20.2 Å². The number of para-hydroxylation sites is 1. The highest BCUT2D eigenvalue weighted by atomic mass is 15.2. The molecule has 1 N–H and O–H groups in total. The van der Waals surface area contributed by atoms with E-state index in [2.05, 4.69) is 51.8 Å². The van der Waals surface area contributed by atoms with E-state index < -0.39 is 0 Å². The van der Waals surface area contributed by atoms with E-state index in [-0.39, 0.29) is 0 Å². The first-order chi connectivity index (χ1) is 8.77. The van der Waals surface area contributed by atoms with Crippen molar-refractivity contribution in [2.24, 2.45) is 0 Å². The normalized spacial score (nSPS) is 16.2. The van der Waals surface area contributed by atoms with E-state index in [0.29, 0.717) is 0 Å². The molecule has 2 heterocycles. The standard InChI is InChI=1S/C15H19N3/c1-12(2)18-11-15(17-9-7-16-8-10-17)13-5-3-4-6-14(13)18/h3-6,11,16H,1,7-10H2,2H3. The smallest absolute Gasteiger partial charge is 0.0631 e. The molecule has 1 aliphatic rings. The molecule has 0 saturated carbocycles. The first-order valence-electron chi connectivity index (χ1n) is 6.49. The summed E-state index contributed by atoms with van der Waals surface area (Å²) in [6, 6.07) is 8.56. The Kier molecular flexibility index (Phi) is 2.84. The van der Waals surface area contributed by atoms with E-state index in [1.165, 1.54) is 16.6 Å². The molecule has 1 aliphatic heterocycles. The minimum atomic E-state index is 1.06. The quantitative estimate of drug-likeness (QED) is 0.872. The Morgan fingerprint density at radius 3 is 2.67 bits per heavy atom. The van der Waals surface area contributed by atoms with Gasteiger partial charge >= 0.3 is 0 Å². The molecule has 0 spiro atoms. The molecule has 3 nitrogen and oxygen atoms in total. The predicted octanol–water partition coefficient (Wildman–Crippen LogP) is 2.54. The largest absolute Gasteiger partial charge is 0.367 e. The Labute approximate surface area is 108 Å². The fourth-order valence-electron chi connectivity index (χ4n) is 2.64. The summed E-state index contributed by atoms with van der Waals surface area (Å²) in [5.41, 5.74) is 3.64. The molecule has 0 atom stereocenters. The van der Waals surface area contributed by atoms with Crippen LogP contribution < -0.4 is 10.2 Å². The van der Waals surface area contributed by atoms with E-state index in [1.807, 2.05) is 6.92 Å². The van der Waals surface area contributed by atoms with Gasteiger partial charge in [0.15, 0.2) is 0 Å². The van der Waals surface area contributed by atoms with E-state index in [4.69, 9.17) is 0 Å². The lowest BCUT2D eigenvalue weighted by molar-refractivity contribution is 0.590. The molecular weight excluding hydrogens is 222 g/mol. The van der Waals surface area contributed by atoms with Crippen LogP contribution in [0, 0.1) is 0 Å². The Morgan fingerprint density at radius 2 is 1.94 bits per heavy atom. The van der Waals surface area contributed by atoms with Crippen LogP contribution in [0.25, 0.3) is 16.6 Å². The molecule has 2 aromatic rings. The number of fused-ring (bicyclic) bond motifs is 1. The van der Waals surface area contributed by atoms with Crippen LogP contribution in [0.4, 0.5) is 5.69 Å². The third-order valence-electron chi connectivity index (χ3n) is 3.56. The van der Waals surface area contributed by atoms with Crippen LogP contribution in [0.1, 0.15) is 6.92 Å². The number of anilines is 1. The van der Waals surface area contributed by atoms with Crippen LogP contribution in [0.15, 0.2) is 37.0 Å². The summed E-state index contributed by atoms with van der Waals surface area (Å²) in [5.74, 6) is 0. The summed E-state index contributed by atoms with van der Waals surface area (Å²) in [5, 5.41) is 4.72. The Morgan fingerprint density at radius 1 is 1.22 bits per heavy atom. The van der Waals surface area contributed by atoms with Gasteiger partial charge in [0.2, 0.25) is 0 Å². The van der Waals surface area contributed by atoms with Crippen molar-refractivity contribution in [2.75, 3.05) is 31.1 Å². The Balaban J connectivity index is 2.13. The average molecular weight is 241 g/mol. The molecule has 1 saturated heterocycles. The van der Waals surface area contributed by atoms with Gasteiger partial charge in [0.05, 0.1) is 11.2 Å². The second-order valence-electron chi connectivity index (χ2n) is 4.87. The molecular formula is C15H19N3. The van der Waals surface area contributed by atoms with Crippen LogP contribution in [-0.4, -0.2) is 30.7 Å². The molecule has 3 heteroatoms. The number of piperazine rings is 1. The fraction of sp³-hybridized carbons (Fsp3) is 0.333. The minimum Gasteiger partial charge on any atom is -0.367 e. The van der Waals surface area contributed by atoms with Crippen molar-refractivity contribution < 1.29 is 0 Å². The zero-order valence-corrected chi connectivity index (χ0v) is 10.8. The molecule has 1 aromatic heterocycles. The second kappa shape index (κ2) is 4.50. The lowest BCUT2D eigenvalue weighted by atomic mass is 10.2. The minimum absolute atomic E-state index is 1.06. The number of nitrogens with one attached hydrogen (secondary N) is 1. The molecule has 18 heavy (non-hydrogen) atoms. The predicted molar refractivity (Wildman–Crippen MR) is 78.0 cm³/mol. The molecule has 3 rings (SSSR count). The highest BCUT2D eigenvalue weighted by Crippen LogP contribution is 2.30.